The van der Waals surface area contributed by atoms with E-state index < -0.39 is 0 Å². The Bertz CT molecular complexity index is 501. The second-order valence-electron chi connectivity index (χ2n) is 5.75. The van der Waals surface area contributed by atoms with E-state index in [0.717, 1.165) is 19.0 Å². The summed E-state index contributed by atoms with van der Waals surface area (Å²) in [5, 5.41) is 9.24. The van der Waals surface area contributed by atoms with Crippen molar-refractivity contribution in [2.45, 2.75) is 46.2 Å². The molecule has 1 unspecified atom stereocenters. The van der Waals surface area contributed by atoms with Gasteiger partial charge in [0.05, 0.1) is 18.3 Å². The zero-order chi connectivity index (χ0) is 13.7. The number of aromatic nitrogens is 2. The van der Waals surface area contributed by atoms with Crippen LogP contribution in [0, 0.1) is 5.92 Å². The van der Waals surface area contributed by atoms with Gasteiger partial charge in [-0.15, -0.1) is 0 Å². The molecule has 0 spiro atoms. The number of benzene rings is 1. The van der Waals surface area contributed by atoms with Gasteiger partial charge in [-0.2, -0.15) is 5.10 Å². The van der Waals surface area contributed by atoms with Gasteiger partial charge >= 0.3 is 0 Å². The minimum atomic E-state index is 0.587. The average Bonchev–Trinajstić information content (AvgIpc) is 2.80. The average molecular weight is 259 g/mol. The van der Waals surface area contributed by atoms with Crippen LogP contribution in [0.2, 0.25) is 0 Å². The van der Waals surface area contributed by atoms with Gasteiger partial charge in [0.25, 0.3) is 0 Å². The largest absolute Gasteiger partial charge is 0.312 e. The van der Waals surface area contributed by atoms with Crippen molar-refractivity contribution >= 4 is 10.9 Å². The Hall–Kier alpha value is -1.35. The molecule has 3 nitrogen and oxygen atoms in total. The van der Waals surface area contributed by atoms with Crippen molar-refractivity contribution in [2.75, 3.05) is 6.54 Å². The molecule has 1 aromatic heterocycles. The van der Waals surface area contributed by atoms with E-state index >= 15 is 0 Å². The van der Waals surface area contributed by atoms with Gasteiger partial charge in [0.1, 0.15) is 0 Å². The molecule has 0 aliphatic heterocycles. The second kappa shape index (κ2) is 6.71. The van der Waals surface area contributed by atoms with E-state index in [2.05, 4.69) is 60.1 Å². The van der Waals surface area contributed by atoms with Crippen LogP contribution in [0.15, 0.2) is 30.5 Å². The lowest BCUT2D eigenvalue weighted by Crippen LogP contribution is -2.29. The SMILES string of the molecule is CC(C)CCC(C)NCCn1ncc2ccccc21. The van der Waals surface area contributed by atoms with E-state index in [1.54, 1.807) is 0 Å². The molecule has 1 aromatic carbocycles. The molecule has 1 N–H and O–H groups in total. The Morgan fingerprint density at radius 2 is 1.95 bits per heavy atom. The molecule has 1 heterocycles. The van der Waals surface area contributed by atoms with Crippen molar-refractivity contribution in [3.05, 3.63) is 30.5 Å². The molecule has 0 aliphatic rings. The lowest BCUT2D eigenvalue weighted by Gasteiger charge is -2.15. The normalized spacial score (nSPS) is 13.3. The fraction of sp³-hybridized carbons (Fsp3) is 0.562. The van der Waals surface area contributed by atoms with E-state index in [0.29, 0.717) is 6.04 Å². The van der Waals surface area contributed by atoms with E-state index in [1.807, 2.05) is 6.20 Å². The first-order valence-corrected chi connectivity index (χ1v) is 7.30. The first-order chi connectivity index (χ1) is 9.16. The standard InChI is InChI=1S/C16H25N3/c1-13(2)8-9-14(3)17-10-11-19-16-7-5-4-6-15(16)12-18-19/h4-7,12-14,17H,8-11H2,1-3H3. The number of para-hydroxylation sites is 1. The van der Waals surface area contributed by atoms with Crippen LogP contribution in [-0.2, 0) is 6.54 Å². The molecule has 0 saturated carbocycles. The van der Waals surface area contributed by atoms with Gasteiger partial charge < -0.3 is 5.32 Å². The number of hydrogen-bond donors (Lipinski definition) is 1. The minimum Gasteiger partial charge on any atom is -0.312 e. The molecule has 19 heavy (non-hydrogen) atoms. The summed E-state index contributed by atoms with van der Waals surface area (Å²) in [6, 6.07) is 8.95. The fourth-order valence-corrected chi connectivity index (χ4v) is 2.31. The molecular weight excluding hydrogens is 234 g/mol. The molecule has 0 aliphatic carbocycles. The summed E-state index contributed by atoms with van der Waals surface area (Å²) in [6.45, 7) is 8.74. The van der Waals surface area contributed by atoms with Gasteiger partial charge in [-0.1, -0.05) is 32.0 Å². The lowest BCUT2D eigenvalue weighted by atomic mass is 10.0. The van der Waals surface area contributed by atoms with Gasteiger partial charge in [-0.3, -0.25) is 4.68 Å². The molecule has 0 amide bonds. The van der Waals surface area contributed by atoms with Crippen LogP contribution in [0.3, 0.4) is 0 Å². The molecule has 104 valence electrons. The summed E-state index contributed by atoms with van der Waals surface area (Å²) in [5.41, 5.74) is 1.22. The highest BCUT2D eigenvalue weighted by Gasteiger charge is 2.04. The van der Waals surface area contributed by atoms with Crippen LogP contribution in [0.25, 0.3) is 10.9 Å². The third kappa shape index (κ3) is 4.06. The van der Waals surface area contributed by atoms with E-state index in [1.165, 1.54) is 23.7 Å². The zero-order valence-electron chi connectivity index (χ0n) is 12.3. The Morgan fingerprint density at radius 3 is 2.74 bits per heavy atom. The van der Waals surface area contributed by atoms with Gasteiger partial charge in [0.15, 0.2) is 0 Å². The molecule has 3 heteroatoms. The summed E-state index contributed by atoms with van der Waals surface area (Å²) < 4.78 is 2.08. The van der Waals surface area contributed by atoms with Crippen molar-refractivity contribution in [1.29, 1.82) is 0 Å². The summed E-state index contributed by atoms with van der Waals surface area (Å²) in [6.07, 6.45) is 4.48. The number of fused-ring (bicyclic) bond motifs is 1. The Labute approximate surface area is 116 Å². The summed E-state index contributed by atoms with van der Waals surface area (Å²) in [7, 11) is 0. The van der Waals surface area contributed by atoms with Crippen LogP contribution in [-0.4, -0.2) is 22.4 Å². The number of rotatable bonds is 7. The smallest absolute Gasteiger partial charge is 0.0682 e. The summed E-state index contributed by atoms with van der Waals surface area (Å²) in [4.78, 5) is 0. The molecule has 2 rings (SSSR count). The van der Waals surface area contributed by atoms with Gasteiger partial charge in [-0.25, -0.2) is 0 Å². The molecule has 2 aromatic rings. The number of nitrogens with zero attached hydrogens (tertiary/aromatic N) is 2. The highest BCUT2D eigenvalue weighted by molar-refractivity contribution is 5.78. The fourth-order valence-electron chi connectivity index (χ4n) is 2.31. The highest BCUT2D eigenvalue weighted by atomic mass is 15.3. The molecule has 0 saturated heterocycles. The predicted molar refractivity (Wildman–Crippen MR) is 81.3 cm³/mol. The summed E-state index contributed by atoms with van der Waals surface area (Å²) >= 11 is 0. The molecule has 0 fully saturated rings. The van der Waals surface area contributed by atoms with Crippen LogP contribution in [0.4, 0.5) is 0 Å². The maximum atomic E-state index is 4.44. The van der Waals surface area contributed by atoms with Crippen LogP contribution in [0.1, 0.15) is 33.6 Å². The molecular formula is C16H25N3. The third-order valence-electron chi connectivity index (χ3n) is 3.54. The molecule has 0 radical (unpaired) electrons. The van der Waals surface area contributed by atoms with Crippen molar-refractivity contribution in [3.8, 4) is 0 Å². The van der Waals surface area contributed by atoms with Crippen LogP contribution < -0.4 is 5.32 Å². The first-order valence-electron chi connectivity index (χ1n) is 7.30. The number of nitrogens with one attached hydrogen (secondary N) is 1. The topological polar surface area (TPSA) is 29.9 Å². The van der Waals surface area contributed by atoms with E-state index in [9.17, 15) is 0 Å². The quantitative estimate of drug-likeness (QED) is 0.825. The first kappa shape index (κ1) is 14.1. The lowest BCUT2D eigenvalue weighted by molar-refractivity contribution is 0.437. The van der Waals surface area contributed by atoms with E-state index in [4.69, 9.17) is 0 Å². The van der Waals surface area contributed by atoms with Crippen molar-refractivity contribution in [3.63, 3.8) is 0 Å². The van der Waals surface area contributed by atoms with E-state index in [-0.39, 0.29) is 0 Å². The second-order valence-corrected chi connectivity index (χ2v) is 5.75. The van der Waals surface area contributed by atoms with Crippen LogP contribution in [0.5, 0.6) is 0 Å². The Balaban J connectivity index is 1.79. The zero-order valence-corrected chi connectivity index (χ0v) is 12.3. The van der Waals surface area contributed by atoms with Crippen molar-refractivity contribution in [2.24, 2.45) is 5.92 Å². The minimum absolute atomic E-state index is 0.587. The van der Waals surface area contributed by atoms with Crippen molar-refractivity contribution < 1.29 is 0 Å². The monoisotopic (exact) mass is 259 g/mol. The molecule has 0 bridgehead atoms. The maximum Gasteiger partial charge on any atom is 0.0682 e. The predicted octanol–water partition coefficient (Wildman–Crippen LogP) is 3.45. The Kier molecular flexibility index (Phi) is 4.97. The Morgan fingerprint density at radius 1 is 1.16 bits per heavy atom. The van der Waals surface area contributed by atoms with Gasteiger partial charge in [0, 0.05) is 18.0 Å². The molecule has 1 atom stereocenters. The summed E-state index contributed by atoms with van der Waals surface area (Å²) in [5.74, 6) is 0.791. The maximum absolute atomic E-state index is 4.44. The van der Waals surface area contributed by atoms with Gasteiger partial charge in [-0.05, 0) is 31.7 Å². The van der Waals surface area contributed by atoms with Gasteiger partial charge in [0.2, 0.25) is 0 Å². The van der Waals surface area contributed by atoms with Crippen molar-refractivity contribution in [1.82, 2.24) is 15.1 Å². The third-order valence-corrected chi connectivity index (χ3v) is 3.54. The van der Waals surface area contributed by atoms with Crippen LogP contribution >= 0.6 is 0 Å². The highest BCUT2D eigenvalue weighted by Crippen LogP contribution is 2.12. The number of hydrogen-bond acceptors (Lipinski definition) is 2.